The molecule has 3 aromatic rings. The quantitative estimate of drug-likeness (QED) is 0.618. The maximum absolute atomic E-state index is 6.42. The molecule has 4 heteroatoms. The molecular formula is C23H25ClN2O. The Morgan fingerprint density at radius 1 is 1.07 bits per heavy atom. The minimum Gasteiger partial charge on any atom is -0.489 e. The van der Waals surface area contributed by atoms with Gasteiger partial charge in [-0.2, -0.15) is 0 Å². The summed E-state index contributed by atoms with van der Waals surface area (Å²) < 4.78 is 6.24. The van der Waals surface area contributed by atoms with Crippen LogP contribution in [0.1, 0.15) is 36.8 Å². The normalized spacial score (nSPS) is 19.9. The topological polar surface area (TPSA) is 34.1 Å². The highest BCUT2D eigenvalue weighted by Crippen LogP contribution is 2.33. The van der Waals surface area contributed by atoms with Gasteiger partial charge in [0.2, 0.25) is 0 Å². The largest absolute Gasteiger partial charge is 0.489 e. The Hall–Kier alpha value is -2.10. The van der Waals surface area contributed by atoms with E-state index in [1.54, 1.807) is 6.20 Å². The number of rotatable bonds is 5. The van der Waals surface area contributed by atoms with E-state index in [9.17, 15) is 0 Å². The lowest BCUT2D eigenvalue weighted by atomic mass is 9.92. The summed E-state index contributed by atoms with van der Waals surface area (Å²) in [5, 5.41) is 6.51. The molecule has 2 aromatic carbocycles. The van der Waals surface area contributed by atoms with Crippen molar-refractivity contribution in [2.75, 3.05) is 0 Å². The maximum Gasteiger partial charge on any atom is 0.138 e. The summed E-state index contributed by atoms with van der Waals surface area (Å²) in [5.41, 5.74) is 2.67. The van der Waals surface area contributed by atoms with Gasteiger partial charge in [0.1, 0.15) is 5.75 Å². The molecule has 1 N–H and O–H groups in total. The first-order valence-electron chi connectivity index (χ1n) is 9.66. The van der Waals surface area contributed by atoms with Gasteiger partial charge in [-0.05, 0) is 61.8 Å². The molecule has 1 heterocycles. The zero-order valence-corrected chi connectivity index (χ0v) is 16.4. The maximum atomic E-state index is 6.42. The highest BCUT2D eigenvalue weighted by molar-refractivity contribution is 6.32. The first-order chi connectivity index (χ1) is 13.2. The molecular weight excluding hydrogens is 356 g/mol. The van der Waals surface area contributed by atoms with Crippen LogP contribution in [0.3, 0.4) is 0 Å². The predicted molar refractivity (Wildman–Crippen MR) is 111 cm³/mol. The van der Waals surface area contributed by atoms with E-state index in [1.807, 2.05) is 24.4 Å². The van der Waals surface area contributed by atoms with Crippen LogP contribution >= 0.6 is 11.6 Å². The molecule has 1 aromatic heterocycles. The number of pyridine rings is 1. The van der Waals surface area contributed by atoms with Crippen molar-refractivity contribution in [1.82, 2.24) is 10.3 Å². The van der Waals surface area contributed by atoms with Crippen molar-refractivity contribution in [3.05, 3.63) is 71.0 Å². The third kappa shape index (κ3) is 4.60. The molecule has 27 heavy (non-hydrogen) atoms. The molecule has 4 rings (SSSR count). The Morgan fingerprint density at radius 2 is 1.93 bits per heavy atom. The second-order valence-electron chi connectivity index (χ2n) is 7.47. The predicted octanol–water partition coefficient (Wildman–Crippen LogP) is 5.68. The van der Waals surface area contributed by atoms with E-state index >= 15 is 0 Å². The number of nitrogens with one attached hydrogen (secondary N) is 1. The highest BCUT2D eigenvalue weighted by Gasteiger charge is 2.23. The van der Waals surface area contributed by atoms with Crippen molar-refractivity contribution in [2.24, 2.45) is 0 Å². The standard InChI is InChI=1S/C23H25ClN2O/c1-16-3-2-4-17(11-16)14-26-20-5-7-21(8-6-20)27-23-13-18-9-10-25-15-19(18)12-22(23)24/h2-4,9-13,15,20-21,26H,5-8,14H2,1H3. The van der Waals surface area contributed by atoms with Gasteiger partial charge in [-0.1, -0.05) is 41.4 Å². The van der Waals surface area contributed by atoms with E-state index in [-0.39, 0.29) is 6.10 Å². The summed E-state index contributed by atoms with van der Waals surface area (Å²) >= 11 is 6.42. The van der Waals surface area contributed by atoms with Gasteiger partial charge < -0.3 is 10.1 Å². The molecule has 3 nitrogen and oxygen atoms in total. The Bertz CT molecular complexity index is 919. The van der Waals surface area contributed by atoms with Crippen LogP contribution in [0.25, 0.3) is 10.8 Å². The van der Waals surface area contributed by atoms with Crippen LogP contribution in [0.5, 0.6) is 5.75 Å². The van der Waals surface area contributed by atoms with Crippen molar-refractivity contribution in [1.29, 1.82) is 0 Å². The number of fused-ring (bicyclic) bond motifs is 1. The molecule has 1 fully saturated rings. The fourth-order valence-corrected chi connectivity index (χ4v) is 4.04. The lowest BCUT2D eigenvalue weighted by molar-refractivity contribution is 0.139. The molecule has 0 atom stereocenters. The first-order valence-corrected chi connectivity index (χ1v) is 10.0. The summed E-state index contributed by atoms with van der Waals surface area (Å²) in [7, 11) is 0. The Morgan fingerprint density at radius 3 is 2.74 bits per heavy atom. The van der Waals surface area contributed by atoms with Gasteiger partial charge in [-0.15, -0.1) is 0 Å². The number of aromatic nitrogens is 1. The highest BCUT2D eigenvalue weighted by atomic mass is 35.5. The van der Waals surface area contributed by atoms with Crippen molar-refractivity contribution in [3.63, 3.8) is 0 Å². The van der Waals surface area contributed by atoms with E-state index in [0.717, 1.165) is 48.8 Å². The smallest absolute Gasteiger partial charge is 0.138 e. The van der Waals surface area contributed by atoms with Gasteiger partial charge in [0.25, 0.3) is 0 Å². The SMILES string of the molecule is Cc1cccc(CNC2CCC(Oc3cc4ccncc4cc3Cl)CC2)c1. The van der Waals surface area contributed by atoms with Gasteiger partial charge >= 0.3 is 0 Å². The summed E-state index contributed by atoms with van der Waals surface area (Å²) in [4.78, 5) is 4.15. The lowest BCUT2D eigenvalue weighted by Crippen LogP contribution is -2.36. The van der Waals surface area contributed by atoms with Gasteiger partial charge in [-0.3, -0.25) is 4.98 Å². The van der Waals surface area contributed by atoms with Crippen molar-refractivity contribution < 1.29 is 4.74 Å². The van der Waals surface area contributed by atoms with Crippen LogP contribution in [0.15, 0.2) is 54.9 Å². The molecule has 1 aliphatic rings. The third-order valence-electron chi connectivity index (χ3n) is 5.34. The molecule has 0 amide bonds. The monoisotopic (exact) mass is 380 g/mol. The Labute approximate surface area is 165 Å². The lowest BCUT2D eigenvalue weighted by Gasteiger charge is -2.30. The van der Waals surface area contributed by atoms with Gasteiger partial charge in [0.15, 0.2) is 0 Å². The first kappa shape index (κ1) is 18.3. The number of halogens is 1. The number of benzene rings is 2. The number of nitrogens with zero attached hydrogens (tertiary/aromatic N) is 1. The van der Waals surface area contributed by atoms with Crippen molar-refractivity contribution in [3.8, 4) is 5.75 Å². The van der Waals surface area contributed by atoms with Crippen LogP contribution in [0, 0.1) is 6.92 Å². The van der Waals surface area contributed by atoms with E-state index in [0.29, 0.717) is 11.1 Å². The minimum absolute atomic E-state index is 0.235. The molecule has 0 unspecified atom stereocenters. The average molecular weight is 381 g/mol. The second-order valence-corrected chi connectivity index (χ2v) is 7.87. The van der Waals surface area contributed by atoms with E-state index in [2.05, 4.69) is 41.5 Å². The van der Waals surface area contributed by atoms with Gasteiger partial charge in [0.05, 0.1) is 11.1 Å². The molecule has 140 valence electrons. The Balaban J connectivity index is 1.31. The minimum atomic E-state index is 0.235. The second kappa shape index (κ2) is 8.28. The molecule has 0 spiro atoms. The average Bonchev–Trinajstić information content (AvgIpc) is 2.68. The molecule has 0 saturated heterocycles. The molecule has 1 aliphatic carbocycles. The third-order valence-corrected chi connectivity index (χ3v) is 5.63. The van der Waals surface area contributed by atoms with Crippen LogP contribution in [-0.4, -0.2) is 17.1 Å². The number of aryl methyl sites for hydroxylation is 1. The molecule has 0 radical (unpaired) electrons. The molecule has 1 saturated carbocycles. The summed E-state index contributed by atoms with van der Waals surface area (Å²) in [6, 6.07) is 15.2. The number of hydrogen-bond donors (Lipinski definition) is 1. The van der Waals surface area contributed by atoms with Gasteiger partial charge in [0, 0.05) is 30.4 Å². The van der Waals surface area contributed by atoms with E-state index in [4.69, 9.17) is 16.3 Å². The van der Waals surface area contributed by atoms with Gasteiger partial charge in [-0.25, -0.2) is 0 Å². The van der Waals surface area contributed by atoms with Crippen LogP contribution in [0.2, 0.25) is 5.02 Å². The zero-order valence-electron chi connectivity index (χ0n) is 15.6. The number of ether oxygens (including phenoxy) is 1. The Kier molecular flexibility index (Phi) is 5.61. The van der Waals surface area contributed by atoms with E-state index < -0.39 is 0 Å². The van der Waals surface area contributed by atoms with Crippen LogP contribution < -0.4 is 10.1 Å². The van der Waals surface area contributed by atoms with E-state index in [1.165, 1.54) is 11.1 Å². The van der Waals surface area contributed by atoms with Crippen LogP contribution in [-0.2, 0) is 6.54 Å². The summed E-state index contributed by atoms with van der Waals surface area (Å²) in [6.07, 6.45) is 8.23. The van der Waals surface area contributed by atoms with Crippen molar-refractivity contribution >= 4 is 22.4 Å². The number of hydrogen-bond acceptors (Lipinski definition) is 3. The van der Waals surface area contributed by atoms with Crippen molar-refractivity contribution in [2.45, 2.75) is 51.3 Å². The fraction of sp³-hybridized carbons (Fsp3) is 0.348. The van der Waals surface area contributed by atoms with Crippen LogP contribution in [0.4, 0.5) is 0 Å². The molecule has 0 bridgehead atoms. The summed E-state index contributed by atoms with van der Waals surface area (Å²) in [6.45, 7) is 3.07. The summed E-state index contributed by atoms with van der Waals surface area (Å²) in [5.74, 6) is 0.784. The fourth-order valence-electron chi connectivity index (χ4n) is 3.83. The molecule has 0 aliphatic heterocycles. The zero-order chi connectivity index (χ0) is 18.6.